The van der Waals surface area contributed by atoms with E-state index in [0.717, 1.165) is 38.2 Å². The Kier molecular flexibility index (Phi) is 4.73. The molecular weight excluding hydrogens is 295 g/mol. The van der Waals surface area contributed by atoms with Gasteiger partial charge in [-0.15, -0.1) is 0 Å². The fourth-order valence-electron chi connectivity index (χ4n) is 2.76. The van der Waals surface area contributed by atoms with Gasteiger partial charge < -0.3 is 10.5 Å². The van der Waals surface area contributed by atoms with Gasteiger partial charge in [-0.1, -0.05) is 19.3 Å². The van der Waals surface area contributed by atoms with Crippen molar-refractivity contribution in [3.8, 4) is 5.75 Å². The Hall–Kier alpha value is -1.34. The van der Waals surface area contributed by atoms with E-state index < -0.39 is 15.8 Å². The SMILES string of the molecule is COc1c(N)cc(S(=O)(=O)N(C)C2CCCCC2)cc1F. The maximum Gasteiger partial charge on any atom is 0.243 e. The Morgan fingerprint density at radius 3 is 2.43 bits per heavy atom. The first-order valence-electron chi connectivity index (χ1n) is 6.99. The van der Waals surface area contributed by atoms with Crippen molar-refractivity contribution in [2.24, 2.45) is 0 Å². The molecule has 0 amide bonds. The second kappa shape index (κ2) is 6.19. The van der Waals surface area contributed by atoms with Crippen molar-refractivity contribution in [1.82, 2.24) is 4.31 Å². The number of sulfonamides is 1. The lowest BCUT2D eigenvalue weighted by atomic mass is 9.96. The minimum absolute atomic E-state index is 0.0203. The Bertz CT molecular complexity index is 590. The summed E-state index contributed by atoms with van der Waals surface area (Å²) in [5, 5.41) is 0. The molecule has 0 unspecified atom stereocenters. The van der Waals surface area contributed by atoms with Crippen LogP contribution in [-0.4, -0.2) is 32.9 Å². The lowest BCUT2D eigenvalue weighted by molar-refractivity contribution is 0.285. The standard InChI is InChI=1S/C14H21FN2O3S/c1-17(10-6-4-3-5-7-10)21(18,19)11-8-12(15)14(20-2)13(16)9-11/h8-10H,3-7,16H2,1-2H3. The van der Waals surface area contributed by atoms with Crippen LogP contribution in [0.25, 0.3) is 0 Å². The molecule has 7 heteroatoms. The van der Waals surface area contributed by atoms with Gasteiger partial charge in [-0.25, -0.2) is 12.8 Å². The largest absolute Gasteiger partial charge is 0.492 e. The van der Waals surface area contributed by atoms with Gasteiger partial charge in [0.25, 0.3) is 0 Å². The summed E-state index contributed by atoms with van der Waals surface area (Å²) < 4.78 is 45.2. The number of methoxy groups -OCH3 is 1. The number of ether oxygens (including phenoxy) is 1. The maximum atomic E-state index is 13.9. The number of benzene rings is 1. The first-order chi connectivity index (χ1) is 9.87. The fourth-order valence-corrected chi connectivity index (χ4v) is 4.22. The number of halogens is 1. The number of nitrogens with zero attached hydrogens (tertiary/aromatic N) is 1. The molecule has 0 atom stereocenters. The van der Waals surface area contributed by atoms with Crippen molar-refractivity contribution in [3.63, 3.8) is 0 Å². The third kappa shape index (κ3) is 3.13. The predicted octanol–water partition coefficient (Wildman–Crippen LogP) is 2.37. The molecule has 0 saturated heterocycles. The average Bonchev–Trinajstić information content (AvgIpc) is 2.47. The number of nitrogen functional groups attached to an aromatic ring is 1. The zero-order valence-electron chi connectivity index (χ0n) is 12.3. The average molecular weight is 316 g/mol. The van der Waals surface area contributed by atoms with Gasteiger partial charge in [0.2, 0.25) is 10.0 Å². The summed E-state index contributed by atoms with van der Waals surface area (Å²) in [5.74, 6) is -0.901. The van der Waals surface area contributed by atoms with Crippen LogP contribution in [0.5, 0.6) is 5.75 Å². The van der Waals surface area contributed by atoms with Crippen LogP contribution < -0.4 is 10.5 Å². The van der Waals surface area contributed by atoms with Gasteiger partial charge in [0, 0.05) is 13.1 Å². The molecule has 5 nitrogen and oxygen atoms in total. The molecule has 1 aromatic rings. The highest BCUT2D eigenvalue weighted by molar-refractivity contribution is 7.89. The summed E-state index contributed by atoms with van der Waals surface area (Å²) in [6.45, 7) is 0. The fraction of sp³-hybridized carbons (Fsp3) is 0.571. The zero-order valence-corrected chi connectivity index (χ0v) is 13.1. The molecule has 1 aliphatic rings. The third-order valence-corrected chi connectivity index (χ3v) is 5.90. The topological polar surface area (TPSA) is 72.6 Å². The molecule has 21 heavy (non-hydrogen) atoms. The Morgan fingerprint density at radius 2 is 1.90 bits per heavy atom. The lowest BCUT2D eigenvalue weighted by Gasteiger charge is -2.30. The van der Waals surface area contributed by atoms with Gasteiger partial charge in [0.15, 0.2) is 11.6 Å². The van der Waals surface area contributed by atoms with Gasteiger partial charge in [0.05, 0.1) is 17.7 Å². The summed E-state index contributed by atoms with van der Waals surface area (Å²) in [6.07, 6.45) is 4.84. The third-order valence-electron chi connectivity index (χ3n) is 4.02. The number of rotatable bonds is 4. The molecule has 118 valence electrons. The summed E-state index contributed by atoms with van der Waals surface area (Å²) in [7, 11) is -0.917. The quantitative estimate of drug-likeness (QED) is 0.866. The molecule has 2 rings (SSSR count). The molecule has 2 N–H and O–H groups in total. The van der Waals surface area contributed by atoms with E-state index in [0.29, 0.717) is 0 Å². The van der Waals surface area contributed by atoms with Crippen molar-refractivity contribution in [2.45, 2.75) is 43.0 Å². The maximum absolute atomic E-state index is 13.9. The van der Waals surface area contributed by atoms with Crippen LogP contribution in [-0.2, 0) is 10.0 Å². The van der Waals surface area contributed by atoms with Crippen molar-refractivity contribution in [2.75, 3.05) is 19.9 Å². The predicted molar refractivity (Wildman–Crippen MR) is 79.2 cm³/mol. The first-order valence-corrected chi connectivity index (χ1v) is 8.43. The van der Waals surface area contributed by atoms with E-state index in [9.17, 15) is 12.8 Å². The number of anilines is 1. The molecule has 0 aliphatic heterocycles. The van der Waals surface area contributed by atoms with Crippen LogP contribution in [0.4, 0.5) is 10.1 Å². The Labute approximate surface area is 124 Å². The second-order valence-corrected chi connectivity index (χ2v) is 7.34. The van der Waals surface area contributed by atoms with Gasteiger partial charge in [-0.2, -0.15) is 4.31 Å². The molecule has 0 radical (unpaired) electrons. The zero-order chi connectivity index (χ0) is 15.6. The van der Waals surface area contributed by atoms with E-state index in [1.165, 1.54) is 17.5 Å². The molecule has 1 aliphatic carbocycles. The smallest absolute Gasteiger partial charge is 0.243 e. The number of nitrogens with two attached hydrogens (primary N) is 1. The van der Waals surface area contributed by atoms with Crippen LogP contribution in [0, 0.1) is 5.82 Å². The lowest BCUT2D eigenvalue weighted by Crippen LogP contribution is -2.38. The molecule has 0 heterocycles. The van der Waals surface area contributed by atoms with E-state index in [-0.39, 0.29) is 22.4 Å². The Morgan fingerprint density at radius 1 is 1.29 bits per heavy atom. The molecular formula is C14H21FN2O3S. The molecule has 0 spiro atoms. The molecule has 1 fully saturated rings. The minimum Gasteiger partial charge on any atom is -0.492 e. The van der Waals surface area contributed by atoms with E-state index in [2.05, 4.69) is 0 Å². The Balaban J connectivity index is 2.34. The van der Waals surface area contributed by atoms with Crippen molar-refractivity contribution in [3.05, 3.63) is 17.9 Å². The van der Waals surface area contributed by atoms with Crippen LogP contribution >= 0.6 is 0 Å². The highest BCUT2D eigenvalue weighted by Gasteiger charge is 2.30. The summed E-state index contributed by atoms with van der Waals surface area (Å²) >= 11 is 0. The van der Waals surface area contributed by atoms with Crippen LogP contribution in [0.1, 0.15) is 32.1 Å². The summed E-state index contributed by atoms with van der Waals surface area (Å²) in [6, 6.07) is 2.18. The summed E-state index contributed by atoms with van der Waals surface area (Å²) in [5.41, 5.74) is 5.64. The van der Waals surface area contributed by atoms with Gasteiger partial charge in [0.1, 0.15) is 0 Å². The monoisotopic (exact) mass is 316 g/mol. The molecule has 1 saturated carbocycles. The van der Waals surface area contributed by atoms with E-state index in [1.807, 2.05) is 0 Å². The van der Waals surface area contributed by atoms with Gasteiger partial charge in [-0.3, -0.25) is 0 Å². The summed E-state index contributed by atoms with van der Waals surface area (Å²) in [4.78, 5) is -0.133. The van der Waals surface area contributed by atoms with Gasteiger partial charge in [-0.05, 0) is 25.0 Å². The molecule has 1 aromatic carbocycles. The molecule has 0 bridgehead atoms. The van der Waals surface area contributed by atoms with E-state index in [4.69, 9.17) is 10.5 Å². The minimum atomic E-state index is -3.75. The highest BCUT2D eigenvalue weighted by atomic mass is 32.2. The molecule has 0 aromatic heterocycles. The van der Waals surface area contributed by atoms with E-state index >= 15 is 0 Å². The highest BCUT2D eigenvalue weighted by Crippen LogP contribution is 2.31. The first kappa shape index (κ1) is 16.0. The van der Waals surface area contributed by atoms with E-state index in [1.54, 1.807) is 7.05 Å². The van der Waals surface area contributed by atoms with Crippen molar-refractivity contribution < 1.29 is 17.5 Å². The normalized spacial score (nSPS) is 17.1. The van der Waals surface area contributed by atoms with Crippen molar-refractivity contribution in [1.29, 1.82) is 0 Å². The number of hydrogen-bond acceptors (Lipinski definition) is 4. The van der Waals surface area contributed by atoms with Crippen molar-refractivity contribution >= 4 is 15.7 Å². The second-order valence-electron chi connectivity index (χ2n) is 5.34. The van der Waals surface area contributed by atoms with Crippen LogP contribution in [0.15, 0.2) is 17.0 Å². The number of hydrogen-bond donors (Lipinski definition) is 1. The van der Waals surface area contributed by atoms with Crippen LogP contribution in [0.3, 0.4) is 0 Å². The van der Waals surface area contributed by atoms with Gasteiger partial charge >= 0.3 is 0 Å². The van der Waals surface area contributed by atoms with Crippen LogP contribution in [0.2, 0.25) is 0 Å².